The lowest BCUT2D eigenvalue weighted by Gasteiger charge is -2.41. The minimum atomic E-state index is -3.56. The summed E-state index contributed by atoms with van der Waals surface area (Å²) >= 11 is 0. The van der Waals surface area contributed by atoms with Crippen LogP contribution < -0.4 is 5.32 Å². The van der Waals surface area contributed by atoms with Crippen molar-refractivity contribution in [1.29, 1.82) is 0 Å². The van der Waals surface area contributed by atoms with Gasteiger partial charge in [-0.3, -0.25) is 14.3 Å². The van der Waals surface area contributed by atoms with Crippen molar-refractivity contribution in [2.45, 2.75) is 70.4 Å². The summed E-state index contributed by atoms with van der Waals surface area (Å²) < 4.78 is 33.2. The lowest BCUT2D eigenvalue weighted by Crippen LogP contribution is -2.50. The quantitative estimate of drug-likeness (QED) is 0.641. The summed E-state index contributed by atoms with van der Waals surface area (Å²) in [7, 11) is -3.56. The summed E-state index contributed by atoms with van der Waals surface area (Å²) in [5.74, 6) is -0.391. The number of amides is 2. The smallest absolute Gasteiger partial charge is 0.226 e. The molecule has 1 saturated heterocycles. The maximum absolute atomic E-state index is 13.2. The minimum absolute atomic E-state index is 0.00891. The second-order valence-corrected chi connectivity index (χ2v) is 12.3. The van der Waals surface area contributed by atoms with E-state index in [0.29, 0.717) is 56.1 Å². The zero-order valence-electron chi connectivity index (χ0n) is 21.7. The molecule has 0 saturated carbocycles. The lowest BCUT2D eigenvalue weighted by atomic mass is 9.73. The molecule has 1 spiro atoms. The molecule has 2 aliphatic rings. The number of rotatable bonds is 4. The van der Waals surface area contributed by atoms with E-state index < -0.39 is 15.3 Å². The van der Waals surface area contributed by atoms with Crippen LogP contribution in [-0.4, -0.2) is 72.1 Å². The second kappa shape index (κ2) is 11.7. The number of hydrogen-bond acceptors (Lipinski definition) is 7. The van der Waals surface area contributed by atoms with Crippen molar-refractivity contribution in [3.8, 4) is 0 Å². The van der Waals surface area contributed by atoms with Crippen molar-refractivity contribution in [2.24, 2.45) is 5.41 Å². The van der Waals surface area contributed by atoms with E-state index in [1.807, 2.05) is 23.9 Å². The number of fused-ring (bicyclic) bond motifs is 2. The maximum atomic E-state index is 13.2. The molecule has 1 N–H and O–H groups in total. The van der Waals surface area contributed by atoms with Crippen LogP contribution in [0.25, 0.3) is 0 Å². The Kier molecular flexibility index (Phi) is 8.63. The van der Waals surface area contributed by atoms with E-state index in [2.05, 4.69) is 15.6 Å². The average Bonchev–Trinajstić information content (AvgIpc) is 3.33. The van der Waals surface area contributed by atoms with Gasteiger partial charge in [0.25, 0.3) is 0 Å². The van der Waals surface area contributed by atoms with Crippen LogP contribution in [0.4, 0.5) is 0 Å². The molecular weight excluding hydrogens is 494 g/mol. The van der Waals surface area contributed by atoms with Crippen molar-refractivity contribution >= 4 is 21.7 Å². The molecule has 2 amide bonds. The maximum Gasteiger partial charge on any atom is 0.226 e. The molecule has 1 aromatic heterocycles. The highest BCUT2D eigenvalue weighted by atomic mass is 32.2. The van der Waals surface area contributed by atoms with Crippen molar-refractivity contribution in [3.05, 3.63) is 41.2 Å². The van der Waals surface area contributed by atoms with Crippen LogP contribution in [0, 0.1) is 19.3 Å². The molecule has 0 unspecified atom stereocenters. The first kappa shape index (κ1) is 27.3. The fourth-order valence-electron chi connectivity index (χ4n) is 5.16. The van der Waals surface area contributed by atoms with Gasteiger partial charge in [0.15, 0.2) is 9.84 Å². The zero-order chi connectivity index (χ0) is 26.5. The Balaban J connectivity index is 1.34. The molecule has 0 atom stereocenters. The molecule has 1 aromatic carbocycles. The van der Waals surface area contributed by atoms with Gasteiger partial charge in [0.05, 0.1) is 35.5 Å². The van der Waals surface area contributed by atoms with E-state index in [0.717, 1.165) is 37.1 Å². The Bertz CT molecular complexity index is 1220. The number of nitrogens with zero attached hydrogens (tertiary/aromatic N) is 4. The number of nitrogens with one attached hydrogen (secondary N) is 1. The van der Waals surface area contributed by atoms with Gasteiger partial charge in [-0.25, -0.2) is 8.42 Å². The molecular formula is C26H37N5O5S. The van der Waals surface area contributed by atoms with Gasteiger partial charge in [0.2, 0.25) is 11.8 Å². The van der Waals surface area contributed by atoms with Crippen LogP contribution in [-0.2, 0) is 37.3 Å². The van der Waals surface area contributed by atoms with E-state index >= 15 is 0 Å². The van der Waals surface area contributed by atoms with Crippen molar-refractivity contribution in [1.82, 2.24) is 25.2 Å². The number of piperidine rings is 1. The molecule has 37 heavy (non-hydrogen) atoms. The van der Waals surface area contributed by atoms with E-state index in [1.165, 1.54) is 0 Å². The standard InChI is InChI=1S/C26H37N5O5S/c1-20-5-6-21(2)23(17-20)37(34,35)16-7-24(32)30-13-9-26(10-14-30)8-3-4-12-31-18-22(28-29-31)19-36-15-11-27-25(26)33/h5-6,17-18H,3-4,7-16,19H2,1-2H3,(H,27,33). The molecule has 0 radical (unpaired) electrons. The van der Waals surface area contributed by atoms with E-state index in [9.17, 15) is 18.0 Å². The van der Waals surface area contributed by atoms with Crippen molar-refractivity contribution < 1.29 is 22.7 Å². The van der Waals surface area contributed by atoms with Gasteiger partial charge in [0.1, 0.15) is 5.69 Å². The Morgan fingerprint density at radius 3 is 2.70 bits per heavy atom. The Labute approximate surface area is 218 Å². The highest BCUT2D eigenvalue weighted by molar-refractivity contribution is 7.91. The average molecular weight is 532 g/mol. The number of benzene rings is 1. The summed E-state index contributed by atoms with van der Waals surface area (Å²) in [5.41, 5.74) is 1.79. The molecule has 0 aliphatic carbocycles. The summed E-state index contributed by atoms with van der Waals surface area (Å²) in [6.45, 7) is 6.39. The monoisotopic (exact) mass is 531 g/mol. The second-order valence-electron chi connectivity index (χ2n) is 10.2. The third-order valence-electron chi connectivity index (χ3n) is 7.48. The summed E-state index contributed by atoms with van der Waals surface area (Å²) in [6.07, 6.45) is 5.41. The van der Waals surface area contributed by atoms with Gasteiger partial charge in [-0.1, -0.05) is 23.8 Å². The predicted octanol–water partition coefficient (Wildman–Crippen LogP) is 2.18. The molecule has 4 rings (SSSR count). The van der Waals surface area contributed by atoms with Crippen LogP contribution in [0.2, 0.25) is 0 Å². The van der Waals surface area contributed by atoms with Gasteiger partial charge in [-0.05, 0) is 56.7 Å². The first-order valence-electron chi connectivity index (χ1n) is 13.0. The molecule has 2 bridgehead atoms. The van der Waals surface area contributed by atoms with Crippen molar-refractivity contribution in [2.75, 3.05) is 32.0 Å². The van der Waals surface area contributed by atoms with E-state index in [4.69, 9.17) is 4.74 Å². The van der Waals surface area contributed by atoms with Gasteiger partial charge in [-0.2, -0.15) is 0 Å². The fourth-order valence-corrected chi connectivity index (χ4v) is 6.75. The van der Waals surface area contributed by atoms with Gasteiger partial charge in [0, 0.05) is 32.6 Å². The van der Waals surface area contributed by atoms with Crippen LogP contribution in [0.5, 0.6) is 0 Å². The SMILES string of the molecule is Cc1ccc(C)c(S(=O)(=O)CCC(=O)N2CCC3(CCCCn4cc(nn4)COCCNC3=O)CC2)c1. The number of aryl methyl sites for hydroxylation is 3. The van der Waals surface area contributed by atoms with Crippen LogP contribution in [0.1, 0.15) is 55.3 Å². The Morgan fingerprint density at radius 1 is 1.14 bits per heavy atom. The lowest BCUT2D eigenvalue weighted by molar-refractivity contribution is -0.141. The molecule has 2 aromatic rings. The van der Waals surface area contributed by atoms with Crippen LogP contribution in [0.3, 0.4) is 0 Å². The summed E-state index contributed by atoms with van der Waals surface area (Å²) in [5, 5.41) is 11.3. The third-order valence-corrected chi connectivity index (χ3v) is 9.33. The van der Waals surface area contributed by atoms with E-state index in [1.54, 1.807) is 24.0 Å². The largest absolute Gasteiger partial charge is 0.373 e. The molecule has 10 nitrogen and oxygen atoms in total. The summed E-state index contributed by atoms with van der Waals surface area (Å²) in [4.78, 5) is 28.2. The number of carbonyl (C=O) groups excluding carboxylic acids is 2. The number of aromatic nitrogens is 3. The Morgan fingerprint density at radius 2 is 1.92 bits per heavy atom. The highest BCUT2D eigenvalue weighted by Gasteiger charge is 2.41. The van der Waals surface area contributed by atoms with Crippen LogP contribution >= 0.6 is 0 Å². The number of carbonyl (C=O) groups is 2. The third kappa shape index (κ3) is 6.75. The topological polar surface area (TPSA) is 123 Å². The number of hydrogen-bond donors (Lipinski definition) is 1. The molecule has 202 valence electrons. The number of sulfone groups is 1. The Hall–Kier alpha value is -2.79. The first-order valence-corrected chi connectivity index (χ1v) is 14.7. The van der Waals surface area contributed by atoms with Gasteiger partial charge >= 0.3 is 0 Å². The summed E-state index contributed by atoms with van der Waals surface area (Å²) in [6, 6.07) is 5.33. The fraction of sp³-hybridized carbons (Fsp3) is 0.615. The van der Waals surface area contributed by atoms with Crippen LogP contribution in [0.15, 0.2) is 29.3 Å². The highest BCUT2D eigenvalue weighted by Crippen LogP contribution is 2.37. The molecule has 1 fully saturated rings. The normalized spacial score (nSPS) is 19.3. The first-order chi connectivity index (χ1) is 17.7. The zero-order valence-corrected chi connectivity index (χ0v) is 22.6. The van der Waals surface area contributed by atoms with E-state index in [-0.39, 0.29) is 24.0 Å². The number of likely N-dealkylation sites (tertiary alicyclic amines) is 1. The molecule has 2 aliphatic heterocycles. The predicted molar refractivity (Wildman–Crippen MR) is 137 cm³/mol. The number of ether oxygens (including phenoxy) is 1. The van der Waals surface area contributed by atoms with Gasteiger partial charge < -0.3 is 15.0 Å². The molecule has 11 heteroatoms. The molecule has 3 heterocycles. The van der Waals surface area contributed by atoms with Gasteiger partial charge in [-0.15, -0.1) is 5.10 Å². The minimum Gasteiger partial charge on any atom is -0.373 e. The van der Waals surface area contributed by atoms with Crippen molar-refractivity contribution in [3.63, 3.8) is 0 Å².